The van der Waals surface area contributed by atoms with Crippen LogP contribution in [0.3, 0.4) is 0 Å². The molecule has 49 heavy (non-hydrogen) atoms. The Hall–Kier alpha value is -4.46. The topological polar surface area (TPSA) is 105 Å². The molecule has 0 saturated carbocycles. The van der Waals surface area contributed by atoms with Crippen LogP contribution in [0.1, 0.15) is 57.5 Å². The van der Waals surface area contributed by atoms with Gasteiger partial charge >= 0.3 is 18.1 Å². The fourth-order valence-corrected chi connectivity index (χ4v) is 6.52. The number of quaternary nitrogens is 1. The molecule has 1 N–H and O–H groups in total. The van der Waals surface area contributed by atoms with Gasteiger partial charge in [-0.05, 0) is 98.0 Å². The summed E-state index contributed by atoms with van der Waals surface area (Å²) in [5, 5.41) is 3.64. The second-order valence-electron chi connectivity index (χ2n) is 12.4. The van der Waals surface area contributed by atoms with Crippen LogP contribution >= 0.6 is 11.6 Å². The molecule has 3 amide bonds. The number of halogens is 4. The summed E-state index contributed by atoms with van der Waals surface area (Å²) < 4.78 is 46.2. The molecule has 1 atom stereocenters. The summed E-state index contributed by atoms with van der Waals surface area (Å²) in [6, 6.07) is 16.7. The van der Waals surface area contributed by atoms with Crippen molar-refractivity contribution in [2.24, 2.45) is 0 Å². The van der Waals surface area contributed by atoms with Crippen molar-refractivity contribution in [3.05, 3.63) is 94.0 Å². The van der Waals surface area contributed by atoms with E-state index in [9.17, 15) is 32.3 Å². The van der Waals surface area contributed by atoms with E-state index >= 15 is 0 Å². The molecule has 0 radical (unpaired) electrons. The summed E-state index contributed by atoms with van der Waals surface area (Å²) in [5.41, 5.74) is 0.736. The van der Waals surface area contributed by atoms with Gasteiger partial charge in [-0.1, -0.05) is 17.7 Å². The van der Waals surface area contributed by atoms with Crippen LogP contribution in [0.5, 0.6) is 5.75 Å². The van der Waals surface area contributed by atoms with E-state index in [1.54, 1.807) is 29.2 Å². The van der Waals surface area contributed by atoms with Crippen LogP contribution < -0.4 is 14.7 Å². The van der Waals surface area contributed by atoms with E-state index in [2.05, 4.69) is 5.32 Å². The van der Waals surface area contributed by atoms with Gasteiger partial charge in [0.15, 0.2) is 12.2 Å². The molecule has 10 nitrogen and oxygen atoms in total. The highest BCUT2D eigenvalue weighted by Crippen LogP contribution is 2.38. The number of fused-ring (bicyclic) bond motifs is 1. The Labute approximate surface area is 285 Å². The number of hydroxylamine groups is 2. The molecular weight excluding hydrogens is 665 g/mol. The Morgan fingerprint density at radius 2 is 1.49 bits per heavy atom. The third kappa shape index (κ3) is 7.58. The molecule has 3 aromatic rings. The normalized spacial score (nSPS) is 20.0. The third-order valence-electron chi connectivity index (χ3n) is 8.97. The summed E-state index contributed by atoms with van der Waals surface area (Å²) in [7, 11) is 0. The number of benzene rings is 3. The number of piperidine rings is 1. The van der Waals surface area contributed by atoms with Crippen LogP contribution in [0.4, 0.5) is 18.9 Å². The molecule has 2 saturated heterocycles. The lowest BCUT2D eigenvalue weighted by atomic mass is 10.0. The van der Waals surface area contributed by atoms with Crippen molar-refractivity contribution >= 4 is 41.0 Å². The molecular formula is C35H35ClF3N4O6+. The van der Waals surface area contributed by atoms with Crippen molar-refractivity contribution in [2.75, 3.05) is 32.7 Å². The Morgan fingerprint density at radius 1 is 0.857 bits per heavy atom. The molecule has 2 fully saturated rings. The van der Waals surface area contributed by atoms with Crippen LogP contribution in [0, 0.1) is 0 Å². The van der Waals surface area contributed by atoms with Gasteiger partial charge in [-0.2, -0.15) is 13.2 Å². The van der Waals surface area contributed by atoms with E-state index in [0.29, 0.717) is 29.4 Å². The van der Waals surface area contributed by atoms with Gasteiger partial charge in [0.05, 0.1) is 6.54 Å². The Bertz CT molecular complexity index is 1720. The molecule has 3 heterocycles. The summed E-state index contributed by atoms with van der Waals surface area (Å²) in [4.78, 5) is 62.3. The van der Waals surface area contributed by atoms with Gasteiger partial charge in [-0.3, -0.25) is 14.4 Å². The highest BCUT2D eigenvalue weighted by molar-refractivity contribution is 6.30. The zero-order valence-corrected chi connectivity index (χ0v) is 27.3. The third-order valence-corrected chi connectivity index (χ3v) is 9.22. The van der Waals surface area contributed by atoms with E-state index in [4.69, 9.17) is 21.2 Å². The first kappa shape index (κ1) is 34.4. The van der Waals surface area contributed by atoms with Crippen LogP contribution in [0.25, 0.3) is 0 Å². The minimum atomic E-state index is -5.45. The van der Waals surface area contributed by atoms with E-state index < -0.39 is 41.7 Å². The number of carbonyl (C=O) groups is 4. The molecule has 258 valence electrons. The van der Waals surface area contributed by atoms with Crippen molar-refractivity contribution in [3.8, 4) is 5.75 Å². The van der Waals surface area contributed by atoms with Crippen molar-refractivity contribution in [3.63, 3.8) is 0 Å². The highest BCUT2D eigenvalue weighted by Gasteiger charge is 2.55. The lowest BCUT2D eigenvalue weighted by Gasteiger charge is -2.32. The van der Waals surface area contributed by atoms with E-state index in [1.807, 2.05) is 0 Å². The average molecular weight is 700 g/mol. The summed E-state index contributed by atoms with van der Waals surface area (Å²) in [5.74, 6) is -4.03. The van der Waals surface area contributed by atoms with Crippen molar-refractivity contribution in [1.82, 2.24) is 19.8 Å². The predicted octanol–water partition coefficient (Wildman–Crippen LogP) is 5.42. The van der Waals surface area contributed by atoms with E-state index in [0.717, 1.165) is 38.8 Å². The van der Waals surface area contributed by atoms with Crippen molar-refractivity contribution < 1.29 is 41.9 Å². The second kappa shape index (κ2) is 14.2. The standard InChI is InChI=1S/C35H35ClF3N4O6/c36-27-9-7-24(8-10-27)32(45)42-20-26-6-5-25(33(46)41-17-1-2-18-41)19-30(26)43(31(44)21-42,49-34(47)35(37,38)39)22-23-3-11-28(12-4-23)48-29-13-15-40-16-14-29/h3-12,19,29,40H,1-2,13-18,20-22H2/q+1. The predicted molar refractivity (Wildman–Crippen MR) is 173 cm³/mol. The highest BCUT2D eigenvalue weighted by atomic mass is 35.5. The number of ether oxygens (including phenoxy) is 1. The first-order valence-corrected chi connectivity index (χ1v) is 16.5. The second-order valence-corrected chi connectivity index (χ2v) is 12.8. The average Bonchev–Trinajstić information content (AvgIpc) is 3.60. The fraction of sp³-hybridized carbons (Fsp3) is 0.371. The van der Waals surface area contributed by atoms with Gasteiger partial charge in [0, 0.05) is 46.4 Å². The maximum Gasteiger partial charge on any atom is 0.497 e. The first-order chi connectivity index (χ1) is 23.4. The maximum absolute atomic E-state index is 14.4. The number of hydrogen-bond donors (Lipinski definition) is 1. The number of nitrogens with zero attached hydrogens (tertiary/aromatic N) is 3. The quantitative estimate of drug-likeness (QED) is 0.329. The summed E-state index contributed by atoms with van der Waals surface area (Å²) in [6.07, 6.45) is -2.23. The van der Waals surface area contributed by atoms with Gasteiger partial charge < -0.3 is 19.9 Å². The van der Waals surface area contributed by atoms with Gasteiger partial charge in [-0.15, -0.1) is 0 Å². The molecule has 6 rings (SSSR count). The molecule has 0 bridgehead atoms. The Kier molecular flexibility index (Phi) is 9.96. The van der Waals surface area contributed by atoms with Crippen molar-refractivity contribution in [1.29, 1.82) is 0 Å². The largest absolute Gasteiger partial charge is 0.497 e. The molecule has 0 spiro atoms. The van der Waals surface area contributed by atoms with Crippen LogP contribution in [0.2, 0.25) is 5.02 Å². The Balaban J connectivity index is 1.43. The molecule has 0 aliphatic carbocycles. The zero-order valence-electron chi connectivity index (χ0n) is 26.5. The summed E-state index contributed by atoms with van der Waals surface area (Å²) >= 11 is 6.00. The van der Waals surface area contributed by atoms with Gasteiger partial charge in [-0.25, -0.2) is 9.59 Å². The number of carbonyl (C=O) groups excluding carboxylic acids is 4. The number of nitrogens with one attached hydrogen (secondary N) is 1. The molecule has 3 aliphatic rings. The summed E-state index contributed by atoms with van der Waals surface area (Å²) in [6.45, 7) is 1.18. The number of amides is 3. The SMILES string of the molecule is O=C(c1ccc2c(c1)[N+](Cc1ccc(OC3CCNCC3)cc1)(OC(=O)C(F)(F)F)C(=O)CN(C(=O)c1ccc(Cl)cc1)C2)N1CCCC1. The molecule has 3 aliphatic heterocycles. The molecule has 14 heteroatoms. The van der Waals surface area contributed by atoms with E-state index in [1.165, 1.54) is 47.4 Å². The minimum absolute atomic E-state index is 0.00648. The monoisotopic (exact) mass is 699 g/mol. The number of hydrogen-bond acceptors (Lipinski definition) is 7. The van der Waals surface area contributed by atoms with Gasteiger partial charge in [0.1, 0.15) is 18.4 Å². The van der Waals surface area contributed by atoms with Crippen LogP contribution in [-0.2, 0) is 27.5 Å². The molecule has 1 unspecified atom stereocenters. The van der Waals surface area contributed by atoms with Gasteiger partial charge in [0.25, 0.3) is 11.8 Å². The smallest absolute Gasteiger partial charge is 0.490 e. The van der Waals surface area contributed by atoms with Crippen LogP contribution in [0.15, 0.2) is 66.7 Å². The number of rotatable bonds is 7. The van der Waals surface area contributed by atoms with Crippen molar-refractivity contribution in [2.45, 2.75) is 51.1 Å². The maximum atomic E-state index is 14.4. The fourth-order valence-electron chi connectivity index (χ4n) is 6.40. The van der Waals surface area contributed by atoms with Gasteiger partial charge in [0.2, 0.25) is 0 Å². The number of likely N-dealkylation sites (tertiary alicyclic amines) is 1. The minimum Gasteiger partial charge on any atom is -0.490 e. The van der Waals surface area contributed by atoms with E-state index in [-0.39, 0.29) is 40.9 Å². The first-order valence-electron chi connectivity index (χ1n) is 16.1. The van der Waals surface area contributed by atoms with Crippen LogP contribution in [-0.4, -0.2) is 78.5 Å². The zero-order chi connectivity index (χ0) is 34.8. The lowest BCUT2D eigenvalue weighted by molar-refractivity contribution is -0.235. The Morgan fingerprint density at radius 3 is 2.14 bits per heavy atom. The lowest BCUT2D eigenvalue weighted by Crippen LogP contribution is -2.58. The number of alkyl halides is 3. The molecule has 3 aromatic carbocycles. The molecule has 0 aromatic heterocycles.